The van der Waals surface area contributed by atoms with Crippen LogP contribution in [0.4, 0.5) is 4.39 Å². The van der Waals surface area contributed by atoms with Gasteiger partial charge in [-0.05, 0) is 80.5 Å². The van der Waals surface area contributed by atoms with E-state index in [9.17, 15) is 9.18 Å². The Hall–Kier alpha value is -1.58. The Morgan fingerprint density at radius 2 is 1.44 bits per heavy atom. The Balaban J connectivity index is 1.45. The van der Waals surface area contributed by atoms with Gasteiger partial charge < -0.3 is 9.47 Å². The summed E-state index contributed by atoms with van der Waals surface area (Å²) < 4.78 is 22.4. The number of esters is 1. The fraction of sp³-hybridized carbons (Fsp3) is 0.667. The first-order chi connectivity index (χ1) is 12.2. The lowest BCUT2D eigenvalue weighted by Crippen LogP contribution is -2.29. The maximum Gasteiger partial charge on any atom is 0.314 e. The third-order valence-corrected chi connectivity index (χ3v) is 6.10. The molecule has 0 heterocycles. The topological polar surface area (TPSA) is 35.5 Å². The molecule has 0 radical (unpaired) electrons. The fourth-order valence-electron chi connectivity index (χ4n) is 4.45. The van der Waals surface area contributed by atoms with E-state index >= 15 is 0 Å². The van der Waals surface area contributed by atoms with Gasteiger partial charge in [-0.2, -0.15) is 0 Å². The summed E-state index contributed by atoms with van der Waals surface area (Å²) in [6.07, 6.45) is 9.67. The molecule has 2 saturated carbocycles. The molecule has 1 aromatic carbocycles. The highest BCUT2D eigenvalue weighted by molar-refractivity contribution is 5.75. The minimum atomic E-state index is -0.859. The largest absolute Gasteiger partial charge is 0.463 e. The number of carbonyl (C=O) groups is 1. The summed E-state index contributed by atoms with van der Waals surface area (Å²) in [5.41, 5.74) is 0. The SMILES string of the molecule is CC1CCC(C2CCC(C(=O)Oc3ccc(OCF)cc3)CC2)CC1. The first-order valence-corrected chi connectivity index (χ1v) is 9.66. The Kier molecular flexibility index (Phi) is 6.33. The number of carbonyl (C=O) groups excluding carboxylic acids is 1. The van der Waals surface area contributed by atoms with Crippen LogP contribution in [-0.4, -0.2) is 12.8 Å². The zero-order valence-electron chi connectivity index (χ0n) is 15.1. The molecule has 0 aromatic heterocycles. The molecule has 0 N–H and O–H groups in total. The van der Waals surface area contributed by atoms with E-state index in [2.05, 4.69) is 6.92 Å². The minimum absolute atomic E-state index is 0.0144. The van der Waals surface area contributed by atoms with Gasteiger partial charge in [0.05, 0.1) is 5.92 Å². The van der Waals surface area contributed by atoms with Crippen LogP contribution in [0.1, 0.15) is 58.3 Å². The molecule has 0 spiro atoms. The Morgan fingerprint density at radius 1 is 0.920 bits per heavy atom. The molecule has 0 unspecified atom stereocenters. The van der Waals surface area contributed by atoms with Crippen molar-refractivity contribution in [3.8, 4) is 11.5 Å². The van der Waals surface area contributed by atoms with Gasteiger partial charge in [0.25, 0.3) is 0 Å². The Bertz CT molecular complexity index is 541. The Labute approximate surface area is 149 Å². The van der Waals surface area contributed by atoms with Gasteiger partial charge in [0.1, 0.15) is 11.5 Å². The van der Waals surface area contributed by atoms with Crippen LogP contribution in [0.3, 0.4) is 0 Å². The average molecular weight is 348 g/mol. The first kappa shape index (κ1) is 18.2. The van der Waals surface area contributed by atoms with E-state index in [4.69, 9.17) is 9.47 Å². The van der Waals surface area contributed by atoms with E-state index in [1.807, 2.05) is 0 Å². The van der Waals surface area contributed by atoms with Crippen LogP contribution in [-0.2, 0) is 4.79 Å². The maximum absolute atomic E-state index is 12.4. The van der Waals surface area contributed by atoms with Crippen LogP contribution in [0.15, 0.2) is 24.3 Å². The molecule has 0 atom stereocenters. The van der Waals surface area contributed by atoms with Gasteiger partial charge in [0, 0.05) is 0 Å². The van der Waals surface area contributed by atoms with Crippen LogP contribution in [0, 0.1) is 23.7 Å². The van der Waals surface area contributed by atoms with Gasteiger partial charge in [-0.25, -0.2) is 4.39 Å². The molecule has 25 heavy (non-hydrogen) atoms. The Morgan fingerprint density at radius 3 is 2.00 bits per heavy atom. The number of rotatable bonds is 5. The van der Waals surface area contributed by atoms with Crippen LogP contribution in [0.25, 0.3) is 0 Å². The van der Waals surface area contributed by atoms with Gasteiger partial charge in [-0.15, -0.1) is 0 Å². The van der Waals surface area contributed by atoms with Crippen LogP contribution >= 0.6 is 0 Å². The quantitative estimate of drug-likeness (QED) is 0.518. The fourth-order valence-corrected chi connectivity index (χ4v) is 4.45. The lowest BCUT2D eigenvalue weighted by Gasteiger charge is -2.36. The number of ether oxygens (including phenoxy) is 2. The van der Waals surface area contributed by atoms with Crippen molar-refractivity contribution in [1.29, 1.82) is 0 Å². The highest BCUT2D eigenvalue weighted by atomic mass is 19.1. The molecule has 0 saturated heterocycles. The van der Waals surface area contributed by atoms with Crippen molar-refractivity contribution in [1.82, 2.24) is 0 Å². The van der Waals surface area contributed by atoms with Crippen LogP contribution in [0.5, 0.6) is 11.5 Å². The van der Waals surface area contributed by atoms with Crippen molar-refractivity contribution in [2.75, 3.05) is 6.86 Å². The van der Waals surface area contributed by atoms with Gasteiger partial charge in [0.15, 0.2) is 0 Å². The molecule has 2 aliphatic carbocycles. The van der Waals surface area contributed by atoms with Crippen LogP contribution in [0.2, 0.25) is 0 Å². The van der Waals surface area contributed by atoms with Crippen molar-refractivity contribution in [3.05, 3.63) is 24.3 Å². The molecule has 4 heteroatoms. The van der Waals surface area contributed by atoms with E-state index in [-0.39, 0.29) is 11.9 Å². The standard InChI is InChI=1S/C21H29FO3/c1-15-2-4-16(5-3-15)17-6-8-18(9-7-17)21(23)25-20-12-10-19(11-13-20)24-14-22/h10-13,15-18H,2-9,14H2,1H3. The molecule has 138 valence electrons. The predicted molar refractivity (Wildman–Crippen MR) is 95.3 cm³/mol. The van der Waals surface area contributed by atoms with Gasteiger partial charge in [0.2, 0.25) is 6.86 Å². The lowest BCUT2D eigenvalue weighted by atomic mass is 9.69. The molecule has 0 bridgehead atoms. The smallest absolute Gasteiger partial charge is 0.314 e. The number of hydrogen-bond donors (Lipinski definition) is 0. The third kappa shape index (κ3) is 4.96. The monoisotopic (exact) mass is 348 g/mol. The molecule has 1 aromatic rings. The van der Waals surface area contributed by atoms with Crippen molar-refractivity contribution < 1.29 is 18.7 Å². The highest BCUT2D eigenvalue weighted by Gasteiger charge is 2.33. The van der Waals surface area contributed by atoms with Crippen molar-refractivity contribution >= 4 is 5.97 Å². The van der Waals surface area contributed by atoms with Crippen LogP contribution < -0.4 is 9.47 Å². The van der Waals surface area contributed by atoms with E-state index in [0.717, 1.165) is 43.4 Å². The van der Waals surface area contributed by atoms with E-state index in [1.165, 1.54) is 25.7 Å². The number of benzene rings is 1. The second-order valence-electron chi connectivity index (χ2n) is 7.78. The van der Waals surface area contributed by atoms with E-state index in [0.29, 0.717) is 11.5 Å². The average Bonchev–Trinajstić information content (AvgIpc) is 2.64. The summed E-state index contributed by atoms with van der Waals surface area (Å²) >= 11 is 0. The van der Waals surface area contributed by atoms with Gasteiger partial charge in [-0.3, -0.25) is 4.79 Å². The van der Waals surface area contributed by atoms with E-state index in [1.54, 1.807) is 24.3 Å². The van der Waals surface area contributed by atoms with Crippen molar-refractivity contribution in [3.63, 3.8) is 0 Å². The second-order valence-corrected chi connectivity index (χ2v) is 7.78. The van der Waals surface area contributed by atoms with Gasteiger partial charge >= 0.3 is 5.97 Å². The summed E-state index contributed by atoms with van der Waals surface area (Å²) in [7, 11) is 0. The maximum atomic E-state index is 12.4. The first-order valence-electron chi connectivity index (χ1n) is 9.66. The number of halogens is 1. The molecular weight excluding hydrogens is 319 g/mol. The molecule has 3 rings (SSSR count). The lowest BCUT2D eigenvalue weighted by molar-refractivity contribution is -0.140. The third-order valence-electron chi connectivity index (χ3n) is 6.10. The zero-order valence-corrected chi connectivity index (χ0v) is 15.1. The predicted octanol–water partition coefficient (Wildman–Crippen LogP) is 5.53. The molecule has 2 aliphatic rings. The molecular formula is C21H29FO3. The molecule has 2 fully saturated rings. The summed E-state index contributed by atoms with van der Waals surface area (Å²) in [6, 6.07) is 6.53. The molecule has 3 nitrogen and oxygen atoms in total. The normalized spacial score (nSPS) is 29.8. The second kappa shape index (κ2) is 8.68. The molecule has 0 amide bonds. The van der Waals surface area contributed by atoms with Crippen molar-refractivity contribution in [2.24, 2.45) is 23.7 Å². The summed E-state index contributed by atoms with van der Waals surface area (Å²) in [5.74, 6) is 3.38. The minimum Gasteiger partial charge on any atom is -0.463 e. The summed E-state index contributed by atoms with van der Waals surface area (Å²) in [6.45, 7) is 1.50. The highest BCUT2D eigenvalue weighted by Crippen LogP contribution is 2.41. The zero-order chi connectivity index (χ0) is 17.6. The summed E-state index contributed by atoms with van der Waals surface area (Å²) in [5, 5.41) is 0. The van der Waals surface area contributed by atoms with Gasteiger partial charge in [-0.1, -0.05) is 19.8 Å². The van der Waals surface area contributed by atoms with E-state index < -0.39 is 6.86 Å². The summed E-state index contributed by atoms with van der Waals surface area (Å²) in [4.78, 5) is 12.4. The number of alkyl halides is 1. The van der Waals surface area contributed by atoms with Crippen molar-refractivity contribution in [2.45, 2.75) is 58.3 Å². The number of hydrogen-bond acceptors (Lipinski definition) is 3. The molecule has 0 aliphatic heterocycles.